The topological polar surface area (TPSA) is 6.48 Å². The van der Waals surface area contributed by atoms with Gasteiger partial charge in [0.2, 0.25) is 0 Å². The van der Waals surface area contributed by atoms with Crippen LogP contribution in [0.2, 0.25) is 7.87 Å². The van der Waals surface area contributed by atoms with Gasteiger partial charge in [0.05, 0.1) is 0 Å². The summed E-state index contributed by atoms with van der Waals surface area (Å²) < 4.78 is 7.73. The van der Waals surface area contributed by atoms with Crippen molar-refractivity contribution in [1.82, 2.24) is 6.24 Å². The van der Waals surface area contributed by atoms with Gasteiger partial charge in [0.1, 0.15) is 0 Å². The van der Waals surface area contributed by atoms with E-state index in [2.05, 4.69) is 47.8 Å². The molecule has 0 aromatic rings. The molecular formula is C14H32N2Sn. The van der Waals surface area contributed by atoms with Crippen molar-refractivity contribution in [3.8, 4) is 0 Å². The van der Waals surface area contributed by atoms with Crippen LogP contribution >= 0.6 is 0 Å². The van der Waals surface area contributed by atoms with Gasteiger partial charge in [-0.1, -0.05) is 0 Å². The molecule has 0 aromatic carbocycles. The van der Waals surface area contributed by atoms with Gasteiger partial charge in [-0.3, -0.25) is 0 Å². The van der Waals surface area contributed by atoms with Crippen LogP contribution < -0.4 is 0 Å². The fraction of sp³-hybridized carbons (Fsp3) is 1.00. The second-order valence-corrected chi connectivity index (χ2v) is 20.7. The first-order chi connectivity index (χ1) is 8.01. The monoisotopic (exact) mass is 348 g/mol. The summed E-state index contributed by atoms with van der Waals surface area (Å²) in [6.45, 7) is 20.0. The Labute approximate surface area is 113 Å². The van der Waals surface area contributed by atoms with E-state index in [4.69, 9.17) is 0 Å². The van der Waals surface area contributed by atoms with Crippen LogP contribution in [0.5, 0.6) is 0 Å². The Morgan fingerprint density at radius 3 is 1.41 bits per heavy atom. The van der Waals surface area contributed by atoms with E-state index >= 15 is 0 Å². The molecule has 2 nitrogen and oxygen atoms in total. The molecule has 0 N–H and O–H groups in total. The second-order valence-electron chi connectivity index (χ2n) is 6.07. The first-order valence-corrected chi connectivity index (χ1v) is 13.4. The van der Waals surface area contributed by atoms with E-state index in [9.17, 15) is 0 Å². The predicted molar refractivity (Wildman–Crippen MR) is 79.7 cm³/mol. The Bertz CT molecular complexity index is 204. The fourth-order valence-electron chi connectivity index (χ4n) is 4.05. The molecule has 1 rings (SSSR count). The van der Waals surface area contributed by atoms with E-state index in [0.29, 0.717) is 0 Å². The molecule has 3 heteroatoms. The van der Waals surface area contributed by atoms with Crippen molar-refractivity contribution in [2.24, 2.45) is 0 Å². The molecule has 0 atom stereocenters. The molecule has 1 saturated heterocycles. The van der Waals surface area contributed by atoms with Crippen molar-refractivity contribution in [3.05, 3.63) is 0 Å². The zero-order valence-corrected chi connectivity index (χ0v) is 15.6. The Kier molecular flexibility index (Phi) is 6.27. The van der Waals surface area contributed by atoms with Gasteiger partial charge in [-0.2, -0.15) is 0 Å². The first kappa shape index (κ1) is 15.8. The zero-order chi connectivity index (χ0) is 13.1. The van der Waals surface area contributed by atoms with E-state index in [0.717, 1.165) is 7.87 Å². The third-order valence-corrected chi connectivity index (χ3v) is 22.4. The van der Waals surface area contributed by atoms with Crippen LogP contribution in [-0.4, -0.2) is 51.3 Å². The molecule has 0 unspecified atom stereocenters. The van der Waals surface area contributed by atoms with Crippen molar-refractivity contribution >= 4 is 18.9 Å². The summed E-state index contributed by atoms with van der Waals surface area (Å²) in [5.74, 6) is 0. The quantitative estimate of drug-likeness (QED) is 0.677. The minimum atomic E-state index is -2.30. The SMILES string of the molecule is CCC[N]1CC[N](CCC)[Sn]1([CH](C)C)[CH](C)C. The van der Waals surface area contributed by atoms with Gasteiger partial charge in [0.25, 0.3) is 0 Å². The summed E-state index contributed by atoms with van der Waals surface area (Å²) in [6, 6.07) is 0. The van der Waals surface area contributed by atoms with E-state index in [1.807, 2.05) is 0 Å². The van der Waals surface area contributed by atoms with Gasteiger partial charge in [0, 0.05) is 0 Å². The molecule has 0 saturated carbocycles. The molecule has 0 radical (unpaired) electrons. The van der Waals surface area contributed by atoms with Gasteiger partial charge in [0.15, 0.2) is 0 Å². The van der Waals surface area contributed by atoms with E-state index in [-0.39, 0.29) is 0 Å². The normalized spacial score (nSPS) is 21.9. The molecule has 1 aliphatic rings. The van der Waals surface area contributed by atoms with Gasteiger partial charge < -0.3 is 0 Å². The molecule has 0 aromatic heterocycles. The van der Waals surface area contributed by atoms with Crippen LogP contribution in [0.1, 0.15) is 54.4 Å². The van der Waals surface area contributed by atoms with E-state index in [1.165, 1.54) is 39.0 Å². The molecule has 0 aliphatic carbocycles. The maximum atomic E-state index is 2.96. The molecule has 102 valence electrons. The minimum absolute atomic E-state index is 0.907. The number of rotatable bonds is 6. The average molecular weight is 347 g/mol. The van der Waals surface area contributed by atoms with Crippen molar-refractivity contribution in [1.29, 1.82) is 0 Å². The Balaban J connectivity index is 3.02. The Hall–Kier alpha value is 0.719. The van der Waals surface area contributed by atoms with Crippen molar-refractivity contribution in [3.63, 3.8) is 0 Å². The molecule has 17 heavy (non-hydrogen) atoms. The van der Waals surface area contributed by atoms with Crippen molar-refractivity contribution in [2.45, 2.75) is 62.3 Å². The van der Waals surface area contributed by atoms with Gasteiger partial charge in [-0.15, -0.1) is 0 Å². The van der Waals surface area contributed by atoms with E-state index < -0.39 is 18.9 Å². The van der Waals surface area contributed by atoms with Gasteiger partial charge >= 0.3 is 114 Å². The van der Waals surface area contributed by atoms with E-state index in [1.54, 1.807) is 0 Å². The van der Waals surface area contributed by atoms with Crippen molar-refractivity contribution < 1.29 is 0 Å². The van der Waals surface area contributed by atoms with Gasteiger partial charge in [-0.05, 0) is 0 Å². The summed E-state index contributed by atoms with van der Waals surface area (Å²) >= 11 is -2.30. The average Bonchev–Trinajstić information content (AvgIpc) is 2.59. The van der Waals surface area contributed by atoms with Crippen LogP contribution in [0.4, 0.5) is 0 Å². The molecular weight excluding hydrogens is 315 g/mol. The van der Waals surface area contributed by atoms with Crippen LogP contribution in [0.15, 0.2) is 0 Å². The number of hydrogen-bond acceptors (Lipinski definition) is 2. The summed E-state index contributed by atoms with van der Waals surface area (Å²) in [7, 11) is 0. The number of nitrogens with zero attached hydrogens (tertiary/aromatic N) is 2. The summed E-state index contributed by atoms with van der Waals surface area (Å²) in [5.41, 5.74) is 0. The number of hydrogen-bond donors (Lipinski definition) is 0. The fourth-order valence-corrected chi connectivity index (χ4v) is 23.3. The standard InChI is InChI=1S/C8H18N2.2C3H7.Sn/c1-3-5-9-7-8-10-6-4-2;2*1-3-2;/h3-8H2,1-2H3;2*3H,1-2H3;/q-2;;;+2. The third kappa shape index (κ3) is 2.84. The first-order valence-electron chi connectivity index (χ1n) is 7.51. The second kappa shape index (κ2) is 6.76. The maximum absolute atomic E-state index is 2.96. The predicted octanol–water partition coefficient (Wildman–Crippen LogP) is 3.69. The van der Waals surface area contributed by atoms with Crippen LogP contribution in [0.25, 0.3) is 0 Å². The Morgan fingerprint density at radius 1 is 0.824 bits per heavy atom. The van der Waals surface area contributed by atoms with Crippen LogP contribution in [0.3, 0.4) is 0 Å². The van der Waals surface area contributed by atoms with Crippen LogP contribution in [-0.2, 0) is 0 Å². The van der Waals surface area contributed by atoms with Crippen LogP contribution in [0, 0.1) is 0 Å². The molecule has 1 fully saturated rings. The third-order valence-electron chi connectivity index (χ3n) is 4.34. The molecule has 0 amide bonds. The summed E-state index contributed by atoms with van der Waals surface area (Å²) in [6.07, 6.45) is 2.64. The molecule has 1 aliphatic heterocycles. The van der Waals surface area contributed by atoms with Gasteiger partial charge in [-0.25, -0.2) is 0 Å². The molecule has 0 bridgehead atoms. The summed E-state index contributed by atoms with van der Waals surface area (Å²) in [5, 5.41) is 0. The van der Waals surface area contributed by atoms with Crippen molar-refractivity contribution in [2.75, 3.05) is 26.2 Å². The Morgan fingerprint density at radius 2 is 1.18 bits per heavy atom. The molecule has 0 spiro atoms. The summed E-state index contributed by atoms with van der Waals surface area (Å²) in [4.78, 5) is 0. The zero-order valence-electron chi connectivity index (χ0n) is 12.8. The molecule has 1 heterocycles.